The minimum atomic E-state index is -0.216. The molecule has 1 fully saturated rings. The van der Waals surface area contributed by atoms with E-state index in [1.165, 1.54) is 6.42 Å². The SMILES string of the molecule is Cc1cn(C)c(Oc2ccc3c(N)c(-c4ccc(NC(=O)NC(C)C)cc4)n(C4CCC4)c3c2)n1. The fourth-order valence-electron chi connectivity index (χ4n) is 4.63. The monoisotopic (exact) mass is 472 g/mol. The highest BCUT2D eigenvalue weighted by Gasteiger charge is 2.27. The fraction of sp³-hybridized carbons (Fsp3) is 0.333. The minimum absolute atomic E-state index is 0.0718. The molecule has 0 aliphatic heterocycles. The van der Waals surface area contributed by atoms with Crippen LogP contribution in [0.15, 0.2) is 48.7 Å². The molecule has 0 saturated heterocycles. The van der Waals surface area contributed by atoms with E-state index < -0.39 is 0 Å². The zero-order chi connectivity index (χ0) is 24.7. The predicted octanol–water partition coefficient (Wildman–Crippen LogP) is 5.98. The van der Waals surface area contributed by atoms with Gasteiger partial charge in [-0.15, -0.1) is 0 Å². The summed E-state index contributed by atoms with van der Waals surface area (Å²) in [6, 6.07) is 14.7. The van der Waals surface area contributed by atoms with Gasteiger partial charge in [0.25, 0.3) is 0 Å². The first-order valence-corrected chi connectivity index (χ1v) is 12.1. The van der Waals surface area contributed by atoms with Crippen LogP contribution in [-0.4, -0.2) is 26.2 Å². The van der Waals surface area contributed by atoms with Crippen LogP contribution in [0.1, 0.15) is 44.8 Å². The number of hydrogen-bond donors (Lipinski definition) is 3. The summed E-state index contributed by atoms with van der Waals surface area (Å²) in [6.07, 6.45) is 5.38. The number of amides is 2. The molecule has 5 rings (SSSR count). The largest absolute Gasteiger partial charge is 0.425 e. The van der Waals surface area contributed by atoms with E-state index in [9.17, 15) is 4.79 Å². The molecule has 4 N–H and O–H groups in total. The van der Waals surface area contributed by atoms with Crippen molar-refractivity contribution in [1.82, 2.24) is 19.4 Å². The van der Waals surface area contributed by atoms with Crippen LogP contribution in [0.4, 0.5) is 16.2 Å². The highest BCUT2D eigenvalue weighted by atomic mass is 16.5. The van der Waals surface area contributed by atoms with E-state index in [4.69, 9.17) is 10.5 Å². The van der Waals surface area contributed by atoms with Gasteiger partial charge in [-0.25, -0.2) is 9.78 Å². The number of urea groups is 1. The summed E-state index contributed by atoms with van der Waals surface area (Å²) in [5.41, 5.74) is 12.2. The van der Waals surface area contributed by atoms with Crippen LogP contribution < -0.4 is 21.1 Å². The number of fused-ring (bicyclic) bond motifs is 1. The Labute approximate surface area is 205 Å². The smallest absolute Gasteiger partial charge is 0.319 e. The molecule has 4 aromatic rings. The molecule has 0 spiro atoms. The first-order chi connectivity index (χ1) is 16.8. The number of nitrogen functional groups attached to an aromatic ring is 1. The second-order valence-corrected chi connectivity index (χ2v) is 9.60. The summed E-state index contributed by atoms with van der Waals surface area (Å²) in [7, 11) is 1.92. The Kier molecular flexibility index (Phi) is 5.88. The highest BCUT2D eigenvalue weighted by molar-refractivity contribution is 6.02. The predicted molar refractivity (Wildman–Crippen MR) is 140 cm³/mol. The molecule has 1 saturated carbocycles. The van der Waals surface area contributed by atoms with Crippen molar-refractivity contribution in [3.63, 3.8) is 0 Å². The quantitative estimate of drug-likeness (QED) is 0.321. The van der Waals surface area contributed by atoms with Gasteiger partial charge in [0.15, 0.2) is 0 Å². The van der Waals surface area contributed by atoms with Gasteiger partial charge in [0.1, 0.15) is 5.75 Å². The van der Waals surface area contributed by atoms with Crippen molar-refractivity contribution in [2.75, 3.05) is 11.1 Å². The number of carbonyl (C=O) groups excluding carboxylic acids is 1. The third-order valence-corrected chi connectivity index (χ3v) is 6.45. The number of imidazole rings is 1. The lowest BCUT2D eigenvalue weighted by Crippen LogP contribution is -2.34. The molecule has 0 unspecified atom stereocenters. The average Bonchev–Trinajstić information content (AvgIpc) is 3.22. The van der Waals surface area contributed by atoms with E-state index >= 15 is 0 Å². The van der Waals surface area contributed by atoms with Crippen molar-refractivity contribution in [2.24, 2.45) is 7.05 Å². The molecule has 35 heavy (non-hydrogen) atoms. The Morgan fingerprint density at radius 3 is 2.51 bits per heavy atom. The van der Waals surface area contributed by atoms with E-state index in [2.05, 4.69) is 26.3 Å². The number of ether oxygens (including phenoxy) is 1. The second-order valence-electron chi connectivity index (χ2n) is 9.60. The lowest BCUT2D eigenvalue weighted by Gasteiger charge is -2.30. The zero-order valence-corrected chi connectivity index (χ0v) is 20.6. The van der Waals surface area contributed by atoms with E-state index in [1.807, 2.05) is 75.0 Å². The normalized spacial score (nSPS) is 13.7. The summed E-state index contributed by atoms with van der Waals surface area (Å²) < 4.78 is 10.3. The number of nitrogens with one attached hydrogen (secondary N) is 2. The molecule has 2 amide bonds. The molecule has 182 valence electrons. The number of rotatable bonds is 6. The van der Waals surface area contributed by atoms with Crippen LogP contribution in [0.25, 0.3) is 22.2 Å². The fourth-order valence-corrected chi connectivity index (χ4v) is 4.63. The third-order valence-electron chi connectivity index (χ3n) is 6.45. The summed E-state index contributed by atoms with van der Waals surface area (Å²) in [5, 5.41) is 6.72. The topological polar surface area (TPSA) is 99.1 Å². The average molecular weight is 473 g/mol. The van der Waals surface area contributed by atoms with Gasteiger partial charge < -0.3 is 30.2 Å². The van der Waals surface area contributed by atoms with Gasteiger partial charge in [0, 0.05) is 48.0 Å². The maximum atomic E-state index is 12.1. The van der Waals surface area contributed by atoms with Gasteiger partial charge in [0.2, 0.25) is 0 Å². The standard InChI is InChI=1S/C27H32N6O2/c1-16(2)29-26(34)31-19-10-8-18(9-11-19)25-24(28)22-13-12-21(35-27-30-17(3)15-32(27)4)14-23(22)33(25)20-6-5-7-20/h8-16,20H,5-7,28H2,1-4H3,(H2,29,31,34). The van der Waals surface area contributed by atoms with Gasteiger partial charge >= 0.3 is 12.0 Å². The molecule has 2 heterocycles. The van der Waals surface area contributed by atoms with Crippen LogP contribution in [0.2, 0.25) is 0 Å². The molecular weight excluding hydrogens is 440 g/mol. The van der Waals surface area contributed by atoms with Crippen molar-refractivity contribution < 1.29 is 9.53 Å². The number of nitrogens with zero attached hydrogens (tertiary/aromatic N) is 3. The lowest BCUT2D eigenvalue weighted by atomic mass is 9.92. The number of nitrogens with two attached hydrogens (primary N) is 1. The molecule has 1 aliphatic rings. The van der Waals surface area contributed by atoms with Gasteiger partial charge in [-0.05, 0) is 64.3 Å². The Hall–Kier alpha value is -3.94. The van der Waals surface area contributed by atoms with Crippen molar-refractivity contribution in [3.8, 4) is 23.0 Å². The summed E-state index contributed by atoms with van der Waals surface area (Å²) in [6.45, 7) is 5.81. The van der Waals surface area contributed by atoms with Crippen molar-refractivity contribution in [1.29, 1.82) is 0 Å². The summed E-state index contributed by atoms with van der Waals surface area (Å²) >= 11 is 0. The number of anilines is 2. The summed E-state index contributed by atoms with van der Waals surface area (Å²) in [5.74, 6) is 0.728. The zero-order valence-electron chi connectivity index (χ0n) is 20.6. The number of aryl methyl sites for hydroxylation is 2. The second kappa shape index (κ2) is 9.02. The molecule has 0 radical (unpaired) electrons. The Bertz CT molecular complexity index is 1380. The van der Waals surface area contributed by atoms with Gasteiger partial charge in [-0.3, -0.25) is 0 Å². The molecule has 0 atom stereocenters. The minimum Gasteiger partial charge on any atom is -0.425 e. The van der Waals surface area contributed by atoms with E-state index in [0.29, 0.717) is 12.1 Å². The van der Waals surface area contributed by atoms with Crippen LogP contribution in [-0.2, 0) is 7.05 Å². The molecule has 2 aromatic carbocycles. The number of benzene rings is 2. The first-order valence-electron chi connectivity index (χ1n) is 12.1. The Morgan fingerprint density at radius 2 is 1.91 bits per heavy atom. The number of carbonyl (C=O) groups is 1. The highest BCUT2D eigenvalue weighted by Crippen LogP contribution is 2.45. The molecule has 8 nitrogen and oxygen atoms in total. The van der Waals surface area contributed by atoms with Crippen LogP contribution in [0.5, 0.6) is 11.8 Å². The first kappa shape index (κ1) is 22.8. The van der Waals surface area contributed by atoms with Gasteiger partial charge in [-0.2, -0.15) is 0 Å². The van der Waals surface area contributed by atoms with Crippen molar-refractivity contribution >= 4 is 28.3 Å². The van der Waals surface area contributed by atoms with Crippen LogP contribution in [0, 0.1) is 6.92 Å². The van der Waals surface area contributed by atoms with Crippen LogP contribution in [0.3, 0.4) is 0 Å². The van der Waals surface area contributed by atoms with Gasteiger partial charge in [-0.1, -0.05) is 12.1 Å². The third kappa shape index (κ3) is 4.43. The molecule has 2 aromatic heterocycles. The van der Waals surface area contributed by atoms with E-state index in [-0.39, 0.29) is 12.1 Å². The molecule has 0 bridgehead atoms. The van der Waals surface area contributed by atoms with Crippen molar-refractivity contribution in [2.45, 2.75) is 52.1 Å². The van der Waals surface area contributed by atoms with Crippen LogP contribution >= 0.6 is 0 Å². The number of hydrogen-bond acceptors (Lipinski definition) is 4. The maximum Gasteiger partial charge on any atom is 0.319 e. The molecular formula is C27H32N6O2. The Morgan fingerprint density at radius 1 is 1.17 bits per heavy atom. The van der Waals surface area contributed by atoms with Crippen molar-refractivity contribution in [3.05, 3.63) is 54.4 Å². The maximum absolute atomic E-state index is 12.1. The van der Waals surface area contributed by atoms with Gasteiger partial charge in [0.05, 0.1) is 22.6 Å². The number of aromatic nitrogens is 3. The van der Waals surface area contributed by atoms with E-state index in [0.717, 1.165) is 57.8 Å². The summed E-state index contributed by atoms with van der Waals surface area (Å²) in [4.78, 5) is 16.5. The molecule has 1 aliphatic carbocycles. The lowest BCUT2D eigenvalue weighted by molar-refractivity contribution is 0.250. The van der Waals surface area contributed by atoms with E-state index in [1.54, 1.807) is 0 Å². The molecule has 8 heteroatoms. The Balaban J connectivity index is 1.52.